The fraction of sp³-hybridized carbons (Fsp3) is 0.688. The van der Waals surface area contributed by atoms with E-state index in [0.29, 0.717) is 5.92 Å². The number of amides is 1. The highest BCUT2D eigenvalue weighted by Crippen LogP contribution is 2.33. The van der Waals surface area contributed by atoms with Gasteiger partial charge in [0.2, 0.25) is 5.91 Å². The van der Waals surface area contributed by atoms with Crippen LogP contribution in [0.15, 0.2) is 16.8 Å². The standard InChI is InChI=1S/C16H26N2OS2/c1-11(2)8-13-15(19)18(10-16(3,4)20-5)14(17-13)12-6-7-21-9-12/h6-7,9,11,13-14,17H,8,10H2,1-5H3. The molecule has 1 aliphatic heterocycles. The van der Waals surface area contributed by atoms with Crippen molar-refractivity contribution in [3.05, 3.63) is 22.4 Å². The molecule has 0 bridgehead atoms. The van der Waals surface area contributed by atoms with Crippen molar-refractivity contribution in [3.63, 3.8) is 0 Å². The van der Waals surface area contributed by atoms with E-state index in [0.717, 1.165) is 13.0 Å². The molecule has 3 nitrogen and oxygen atoms in total. The number of rotatable bonds is 6. The van der Waals surface area contributed by atoms with Gasteiger partial charge in [0.15, 0.2) is 0 Å². The van der Waals surface area contributed by atoms with Crippen LogP contribution in [0.4, 0.5) is 0 Å². The van der Waals surface area contributed by atoms with Crippen molar-refractivity contribution in [2.45, 2.75) is 51.1 Å². The molecular weight excluding hydrogens is 300 g/mol. The van der Waals surface area contributed by atoms with Crippen LogP contribution in [0.2, 0.25) is 0 Å². The van der Waals surface area contributed by atoms with Gasteiger partial charge in [0.1, 0.15) is 6.17 Å². The van der Waals surface area contributed by atoms with E-state index < -0.39 is 0 Å². The van der Waals surface area contributed by atoms with Gasteiger partial charge in [-0.3, -0.25) is 10.1 Å². The van der Waals surface area contributed by atoms with Crippen LogP contribution in [0.1, 0.15) is 45.8 Å². The molecule has 118 valence electrons. The van der Waals surface area contributed by atoms with Gasteiger partial charge in [-0.05, 0) is 54.8 Å². The van der Waals surface area contributed by atoms with Gasteiger partial charge in [0.05, 0.1) is 6.04 Å². The van der Waals surface area contributed by atoms with Crippen molar-refractivity contribution < 1.29 is 4.79 Å². The fourth-order valence-electron chi connectivity index (χ4n) is 2.67. The van der Waals surface area contributed by atoms with Gasteiger partial charge in [-0.1, -0.05) is 13.8 Å². The Bertz CT molecular complexity index is 471. The molecule has 1 N–H and O–H groups in total. The first-order chi connectivity index (χ1) is 9.84. The summed E-state index contributed by atoms with van der Waals surface area (Å²) in [5.41, 5.74) is 1.21. The van der Waals surface area contributed by atoms with Gasteiger partial charge in [-0.15, -0.1) is 0 Å². The van der Waals surface area contributed by atoms with E-state index in [2.05, 4.69) is 56.1 Å². The third-order valence-corrected chi connectivity index (χ3v) is 5.86. The highest BCUT2D eigenvalue weighted by Gasteiger charge is 2.41. The molecular formula is C16H26N2OS2. The molecule has 2 rings (SSSR count). The minimum absolute atomic E-state index is 0.0268. The Hall–Kier alpha value is -0.520. The quantitative estimate of drug-likeness (QED) is 0.864. The molecule has 0 radical (unpaired) electrons. The molecule has 1 aromatic heterocycles. The minimum atomic E-state index is -0.0486. The molecule has 0 aromatic carbocycles. The average molecular weight is 327 g/mol. The van der Waals surface area contributed by atoms with Gasteiger partial charge in [0, 0.05) is 11.3 Å². The Morgan fingerprint density at radius 3 is 2.71 bits per heavy atom. The Morgan fingerprint density at radius 1 is 1.48 bits per heavy atom. The first kappa shape index (κ1) is 16.8. The highest BCUT2D eigenvalue weighted by atomic mass is 32.2. The van der Waals surface area contributed by atoms with Crippen molar-refractivity contribution in [1.29, 1.82) is 0 Å². The Kier molecular flexibility index (Phi) is 5.38. The summed E-state index contributed by atoms with van der Waals surface area (Å²) in [5, 5.41) is 7.76. The second kappa shape index (κ2) is 6.71. The summed E-state index contributed by atoms with van der Waals surface area (Å²) in [7, 11) is 0. The van der Waals surface area contributed by atoms with Crippen LogP contribution < -0.4 is 5.32 Å². The summed E-state index contributed by atoms with van der Waals surface area (Å²) in [5.74, 6) is 0.769. The van der Waals surface area contributed by atoms with Crippen molar-refractivity contribution in [2.75, 3.05) is 12.8 Å². The number of hydrogen-bond acceptors (Lipinski definition) is 4. The van der Waals surface area contributed by atoms with Gasteiger partial charge < -0.3 is 4.90 Å². The lowest BCUT2D eigenvalue weighted by Crippen LogP contribution is -2.40. The predicted molar refractivity (Wildman–Crippen MR) is 92.7 cm³/mol. The molecule has 1 saturated heterocycles. The van der Waals surface area contributed by atoms with Crippen molar-refractivity contribution in [3.8, 4) is 0 Å². The number of carbonyl (C=O) groups is 1. The SMILES string of the molecule is CSC(C)(C)CN1C(=O)C(CC(C)C)NC1c1ccsc1. The molecule has 1 fully saturated rings. The second-order valence-electron chi connectivity index (χ2n) is 6.74. The van der Waals surface area contributed by atoms with E-state index in [1.54, 1.807) is 11.3 Å². The van der Waals surface area contributed by atoms with Gasteiger partial charge in [-0.25, -0.2) is 0 Å². The Labute approximate surface area is 136 Å². The molecule has 21 heavy (non-hydrogen) atoms. The molecule has 0 saturated carbocycles. The van der Waals surface area contributed by atoms with E-state index in [4.69, 9.17) is 0 Å². The number of hydrogen-bond donors (Lipinski definition) is 1. The van der Waals surface area contributed by atoms with E-state index in [9.17, 15) is 4.79 Å². The van der Waals surface area contributed by atoms with Gasteiger partial charge >= 0.3 is 0 Å². The van der Waals surface area contributed by atoms with Crippen LogP contribution in [-0.4, -0.2) is 34.4 Å². The number of thiophene rings is 1. The first-order valence-corrected chi connectivity index (χ1v) is 9.64. The van der Waals surface area contributed by atoms with E-state index in [1.165, 1.54) is 5.56 Å². The molecule has 1 aromatic rings. The lowest BCUT2D eigenvalue weighted by molar-refractivity contribution is -0.130. The third-order valence-electron chi connectivity index (χ3n) is 3.92. The van der Waals surface area contributed by atoms with Gasteiger partial charge in [0.25, 0.3) is 0 Å². The highest BCUT2D eigenvalue weighted by molar-refractivity contribution is 7.99. The molecule has 0 spiro atoms. The number of nitrogens with zero attached hydrogens (tertiary/aromatic N) is 1. The summed E-state index contributed by atoms with van der Waals surface area (Å²) in [4.78, 5) is 14.8. The van der Waals surface area contributed by atoms with E-state index >= 15 is 0 Å². The molecule has 2 heterocycles. The van der Waals surface area contributed by atoms with Crippen LogP contribution in [0.3, 0.4) is 0 Å². The average Bonchev–Trinajstić information content (AvgIpc) is 3.01. The van der Waals surface area contributed by atoms with Crippen LogP contribution in [0.5, 0.6) is 0 Å². The normalized spacial score (nSPS) is 23.3. The molecule has 0 aliphatic carbocycles. The molecule has 5 heteroatoms. The smallest absolute Gasteiger partial charge is 0.241 e. The molecule has 1 aliphatic rings. The monoisotopic (exact) mass is 326 g/mol. The maximum absolute atomic E-state index is 12.8. The zero-order valence-electron chi connectivity index (χ0n) is 13.6. The number of nitrogens with one attached hydrogen (secondary N) is 1. The van der Waals surface area contributed by atoms with E-state index in [-0.39, 0.29) is 22.9 Å². The first-order valence-electron chi connectivity index (χ1n) is 7.48. The van der Waals surface area contributed by atoms with E-state index in [1.807, 2.05) is 16.7 Å². The van der Waals surface area contributed by atoms with Crippen LogP contribution in [0, 0.1) is 5.92 Å². The predicted octanol–water partition coefficient (Wildman–Crippen LogP) is 3.73. The minimum Gasteiger partial charge on any atom is -0.320 e. The molecule has 2 unspecified atom stereocenters. The lowest BCUT2D eigenvalue weighted by Gasteiger charge is -2.32. The number of thioether (sulfide) groups is 1. The van der Waals surface area contributed by atoms with Crippen molar-refractivity contribution >= 4 is 29.0 Å². The topological polar surface area (TPSA) is 32.3 Å². The summed E-state index contributed by atoms with van der Waals surface area (Å²) in [6.45, 7) is 9.51. The molecule has 1 amide bonds. The summed E-state index contributed by atoms with van der Waals surface area (Å²) < 4.78 is 0.0678. The van der Waals surface area contributed by atoms with Crippen molar-refractivity contribution in [2.24, 2.45) is 5.92 Å². The Morgan fingerprint density at radius 2 is 2.19 bits per heavy atom. The zero-order valence-corrected chi connectivity index (χ0v) is 15.2. The van der Waals surface area contributed by atoms with Crippen LogP contribution >= 0.6 is 23.1 Å². The van der Waals surface area contributed by atoms with Crippen molar-refractivity contribution in [1.82, 2.24) is 10.2 Å². The number of carbonyl (C=O) groups excluding carboxylic acids is 1. The largest absolute Gasteiger partial charge is 0.320 e. The fourth-order valence-corrected chi connectivity index (χ4v) is 3.62. The second-order valence-corrected chi connectivity index (χ2v) is 9.03. The third kappa shape index (κ3) is 4.02. The van der Waals surface area contributed by atoms with Gasteiger partial charge in [-0.2, -0.15) is 23.1 Å². The zero-order chi connectivity index (χ0) is 15.6. The lowest BCUT2D eigenvalue weighted by atomic mass is 10.0. The maximum Gasteiger partial charge on any atom is 0.241 e. The maximum atomic E-state index is 12.8. The Balaban J connectivity index is 2.22. The summed E-state index contributed by atoms with van der Waals surface area (Å²) >= 11 is 3.50. The summed E-state index contributed by atoms with van der Waals surface area (Å²) in [6, 6.07) is 2.07. The molecule has 2 atom stereocenters. The van der Waals surface area contributed by atoms with Crippen LogP contribution in [0.25, 0.3) is 0 Å². The van der Waals surface area contributed by atoms with Crippen LogP contribution in [-0.2, 0) is 4.79 Å². The summed E-state index contributed by atoms with van der Waals surface area (Å²) in [6.07, 6.45) is 3.04.